The van der Waals surface area contributed by atoms with Crippen LogP contribution in [-0.2, 0) is 9.84 Å². The number of piperazine rings is 1. The lowest BCUT2D eigenvalue weighted by Crippen LogP contribution is -2.46. The van der Waals surface area contributed by atoms with E-state index in [1.807, 2.05) is 29.6 Å². The molecule has 0 aromatic carbocycles. The number of anilines is 1. The lowest BCUT2D eigenvalue weighted by Gasteiger charge is -2.34. The minimum atomic E-state index is -3.04. The number of pyridine rings is 1. The summed E-state index contributed by atoms with van der Waals surface area (Å²) >= 11 is 1.62. The number of aromatic nitrogens is 1. The first-order valence-corrected chi connectivity index (χ1v) is 12.1. The van der Waals surface area contributed by atoms with Crippen LogP contribution in [0, 0.1) is 0 Å². The zero-order valence-corrected chi connectivity index (χ0v) is 17.4. The maximum Gasteiger partial charge on any atom is 0.255 e. The molecule has 4 rings (SSSR count). The third-order valence-corrected chi connectivity index (χ3v) is 7.92. The second-order valence-corrected chi connectivity index (χ2v) is 10.6. The molecule has 7 nitrogen and oxygen atoms in total. The summed E-state index contributed by atoms with van der Waals surface area (Å²) in [6.45, 7) is 3.42. The fourth-order valence-corrected chi connectivity index (χ4v) is 5.99. The van der Waals surface area contributed by atoms with Crippen molar-refractivity contribution in [1.82, 2.24) is 15.2 Å². The Bertz CT molecular complexity index is 952. The van der Waals surface area contributed by atoms with Gasteiger partial charge in [-0.3, -0.25) is 4.79 Å². The second-order valence-electron chi connectivity index (χ2n) is 7.41. The van der Waals surface area contributed by atoms with Gasteiger partial charge in [-0.1, -0.05) is 6.07 Å². The van der Waals surface area contributed by atoms with E-state index in [0.717, 1.165) is 36.8 Å². The number of carbonyl (C=O) groups excluding carboxylic acids is 1. The Morgan fingerprint density at radius 1 is 1.21 bits per heavy atom. The predicted molar refractivity (Wildman–Crippen MR) is 112 cm³/mol. The Morgan fingerprint density at radius 2 is 2.00 bits per heavy atom. The monoisotopic (exact) mass is 420 g/mol. The van der Waals surface area contributed by atoms with Crippen LogP contribution in [0.5, 0.6) is 0 Å². The van der Waals surface area contributed by atoms with Gasteiger partial charge in [0.1, 0.15) is 5.82 Å². The molecule has 28 heavy (non-hydrogen) atoms. The first-order chi connectivity index (χ1) is 13.4. The molecule has 0 spiro atoms. The molecule has 0 radical (unpaired) electrons. The molecule has 0 bridgehead atoms. The average Bonchev–Trinajstić information content (AvgIpc) is 3.31. The Labute approximate surface area is 169 Å². The number of amides is 1. The smallest absolute Gasteiger partial charge is 0.255 e. The molecule has 9 heteroatoms. The second kappa shape index (κ2) is 7.81. The average molecular weight is 421 g/mol. The van der Waals surface area contributed by atoms with Gasteiger partial charge in [0.2, 0.25) is 0 Å². The van der Waals surface area contributed by atoms with Crippen LogP contribution in [0.15, 0.2) is 29.6 Å². The zero-order chi connectivity index (χ0) is 19.7. The van der Waals surface area contributed by atoms with Crippen molar-refractivity contribution in [3.63, 3.8) is 0 Å². The predicted octanol–water partition coefficient (Wildman–Crippen LogP) is 1.48. The van der Waals surface area contributed by atoms with Gasteiger partial charge in [-0.05, 0) is 37.0 Å². The molecule has 0 aliphatic carbocycles. The molecule has 1 N–H and O–H groups in total. The Hall–Kier alpha value is -1.97. The highest BCUT2D eigenvalue weighted by molar-refractivity contribution is 7.91. The fraction of sp³-hybridized carbons (Fsp3) is 0.474. The minimum absolute atomic E-state index is 0.0172. The van der Waals surface area contributed by atoms with Crippen molar-refractivity contribution in [2.45, 2.75) is 12.5 Å². The van der Waals surface area contributed by atoms with Crippen molar-refractivity contribution in [2.75, 3.05) is 49.6 Å². The molecule has 2 aliphatic rings. The first kappa shape index (κ1) is 19.4. The molecule has 2 fully saturated rings. The summed E-state index contributed by atoms with van der Waals surface area (Å²) in [5.41, 5.74) is 1.36. The van der Waals surface area contributed by atoms with Crippen molar-refractivity contribution in [1.29, 1.82) is 0 Å². The largest absolute Gasteiger partial charge is 0.353 e. The number of thiophene rings is 1. The van der Waals surface area contributed by atoms with Crippen LogP contribution < -0.4 is 10.2 Å². The van der Waals surface area contributed by atoms with E-state index < -0.39 is 9.84 Å². The van der Waals surface area contributed by atoms with Gasteiger partial charge in [-0.25, -0.2) is 13.4 Å². The molecule has 2 aromatic rings. The SMILES string of the molecule is CN1CCN(c2nc(-c3cccs3)ccc2C(=O)N[C@H]2CCS(=O)(=O)C2)CC1. The van der Waals surface area contributed by atoms with Crippen LogP contribution in [0.4, 0.5) is 5.82 Å². The van der Waals surface area contributed by atoms with Crippen LogP contribution in [0.2, 0.25) is 0 Å². The highest BCUT2D eigenvalue weighted by Crippen LogP contribution is 2.28. The molecule has 4 heterocycles. The molecule has 2 aliphatic heterocycles. The molecule has 0 saturated carbocycles. The molecule has 2 saturated heterocycles. The van der Waals surface area contributed by atoms with Crippen molar-refractivity contribution in [2.24, 2.45) is 0 Å². The van der Waals surface area contributed by atoms with E-state index in [4.69, 9.17) is 4.98 Å². The van der Waals surface area contributed by atoms with Gasteiger partial charge in [-0.15, -0.1) is 11.3 Å². The topological polar surface area (TPSA) is 82.6 Å². The van der Waals surface area contributed by atoms with Gasteiger partial charge in [0.05, 0.1) is 27.6 Å². The molecule has 0 unspecified atom stereocenters. The summed E-state index contributed by atoms with van der Waals surface area (Å²) in [6, 6.07) is 7.36. The van der Waals surface area contributed by atoms with Crippen LogP contribution in [0.1, 0.15) is 16.8 Å². The van der Waals surface area contributed by atoms with Crippen molar-refractivity contribution in [3.05, 3.63) is 35.2 Å². The quantitative estimate of drug-likeness (QED) is 0.807. The molecular formula is C19H24N4O3S2. The molecular weight excluding hydrogens is 396 g/mol. The summed E-state index contributed by atoms with van der Waals surface area (Å²) in [7, 11) is -0.957. The first-order valence-electron chi connectivity index (χ1n) is 9.41. The number of hydrogen-bond acceptors (Lipinski definition) is 7. The highest BCUT2D eigenvalue weighted by Gasteiger charge is 2.30. The highest BCUT2D eigenvalue weighted by atomic mass is 32.2. The number of rotatable bonds is 4. The number of hydrogen-bond donors (Lipinski definition) is 1. The van der Waals surface area contributed by atoms with Crippen molar-refractivity contribution in [3.8, 4) is 10.6 Å². The molecule has 2 aromatic heterocycles. The summed E-state index contributed by atoms with van der Waals surface area (Å²) in [6.07, 6.45) is 0.471. The van der Waals surface area contributed by atoms with Crippen molar-refractivity contribution >= 4 is 32.9 Å². The van der Waals surface area contributed by atoms with E-state index in [-0.39, 0.29) is 23.5 Å². The number of carbonyl (C=O) groups is 1. The number of likely N-dealkylation sites (N-methyl/N-ethyl adjacent to an activating group) is 1. The standard InChI is InChI=1S/C19H24N4O3S2/c1-22-7-9-23(10-8-22)18-15(4-5-16(21-18)17-3-2-11-27-17)19(24)20-14-6-12-28(25,26)13-14/h2-5,11,14H,6-10,12-13H2,1H3,(H,20,24)/t14-/m0/s1. The normalized spacial score (nSPS) is 22.3. The lowest BCUT2D eigenvalue weighted by molar-refractivity contribution is 0.0941. The van der Waals surface area contributed by atoms with E-state index in [0.29, 0.717) is 17.8 Å². The zero-order valence-electron chi connectivity index (χ0n) is 15.8. The van der Waals surface area contributed by atoms with E-state index >= 15 is 0 Å². The minimum Gasteiger partial charge on any atom is -0.353 e. The lowest BCUT2D eigenvalue weighted by atomic mass is 10.1. The molecule has 1 atom stereocenters. The Kier molecular flexibility index (Phi) is 5.39. The summed E-state index contributed by atoms with van der Waals surface area (Å²) in [5.74, 6) is 0.584. The Morgan fingerprint density at radius 3 is 2.64 bits per heavy atom. The van der Waals surface area contributed by atoms with Gasteiger partial charge < -0.3 is 15.1 Å². The van der Waals surface area contributed by atoms with Gasteiger partial charge in [-0.2, -0.15) is 0 Å². The van der Waals surface area contributed by atoms with E-state index in [2.05, 4.69) is 22.2 Å². The maximum atomic E-state index is 13.0. The van der Waals surface area contributed by atoms with Gasteiger partial charge in [0.15, 0.2) is 9.84 Å². The summed E-state index contributed by atoms with van der Waals surface area (Å²) in [5, 5.41) is 4.91. The molecule has 150 valence electrons. The number of nitrogens with zero attached hydrogens (tertiary/aromatic N) is 3. The van der Waals surface area contributed by atoms with Crippen LogP contribution in [0.3, 0.4) is 0 Å². The van der Waals surface area contributed by atoms with Gasteiger partial charge >= 0.3 is 0 Å². The summed E-state index contributed by atoms with van der Waals surface area (Å²) < 4.78 is 23.4. The number of sulfone groups is 1. The van der Waals surface area contributed by atoms with Crippen LogP contribution >= 0.6 is 11.3 Å². The van der Waals surface area contributed by atoms with E-state index in [1.54, 1.807) is 11.3 Å². The van der Waals surface area contributed by atoms with Crippen LogP contribution in [-0.4, -0.2) is 75.0 Å². The Balaban J connectivity index is 1.62. The van der Waals surface area contributed by atoms with E-state index in [9.17, 15) is 13.2 Å². The van der Waals surface area contributed by atoms with Crippen LogP contribution in [0.25, 0.3) is 10.6 Å². The van der Waals surface area contributed by atoms with Gasteiger partial charge in [0.25, 0.3) is 5.91 Å². The van der Waals surface area contributed by atoms with E-state index in [1.165, 1.54) is 0 Å². The maximum absolute atomic E-state index is 13.0. The number of nitrogens with one attached hydrogen (secondary N) is 1. The third kappa shape index (κ3) is 4.21. The summed E-state index contributed by atoms with van der Waals surface area (Å²) in [4.78, 5) is 23.2. The fourth-order valence-electron chi connectivity index (χ4n) is 3.62. The molecule has 1 amide bonds. The van der Waals surface area contributed by atoms with Crippen molar-refractivity contribution < 1.29 is 13.2 Å². The van der Waals surface area contributed by atoms with Gasteiger partial charge in [0, 0.05) is 32.2 Å². The third-order valence-electron chi connectivity index (χ3n) is 5.26.